The average molecular weight is 476 g/mol. The summed E-state index contributed by atoms with van der Waals surface area (Å²) >= 11 is 13.6. The smallest absolute Gasteiger partial charge is 0.319 e. The lowest BCUT2D eigenvalue weighted by Gasteiger charge is -2.31. The van der Waals surface area contributed by atoms with Crippen LogP contribution in [0.3, 0.4) is 0 Å². The van der Waals surface area contributed by atoms with Gasteiger partial charge in [-0.25, -0.2) is 9.78 Å². The highest BCUT2D eigenvalue weighted by atomic mass is 35.5. The summed E-state index contributed by atoms with van der Waals surface area (Å²) in [5.41, 5.74) is 1.72. The highest BCUT2D eigenvalue weighted by molar-refractivity contribution is 7.09. The van der Waals surface area contributed by atoms with Crippen molar-refractivity contribution in [2.24, 2.45) is 5.92 Å². The quantitative estimate of drug-likeness (QED) is 0.495. The summed E-state index contributed by atoms with van der Waals surface area (Å²) in [7, 11) is 0. The number of nitrogens with zero attached hydrogens (tertiary/aromatic N) is 3. The summed E-state index contributed by atoms with van der Waals surface area (Å²) in [6, 6.07) is 15.1. The number of hydrogen-bond acceptors (Lipinski definition) is 5. The average Bonchev–Trinajstić information content (AvgIpc) is 3.25. The molecule has 1 saturated heterocycles. The Hall–Kier alpha value is -2.35. The number of carbonyl (C=O) groups excluding carboxylic acids is 1. The Morgan fingerprint density at radius 3 is 2.65 bits per heavy atom. The number of nitrogens with one attached hydrogen (secondary N) is 2. The maximum Gasteiger partial charge on any atom is 0.319 e. The first-order valence-electron chi connectivity index (χ1n) is 10.2. The summed E-state index contributed by atoms with van der Waals surface area (Å²) in [5, 5.41) is 7.43. The molecule has 1 fully saturated rings. The van der Waals surface area contributed by atoms with Crippen molar-refractivity contribution in [2.75, 3.05) is 29.9 Å². The van der Waals surface area contributed by atoms with Crippen LogP contribution in [-0.2, 0) is 6.42 Å². The monoisotopic (exact) mass is 475 g/mol. The van der Waals surface area contributed by atoms with Crippen molar-refractivity contribution >= 4 is 51.6 Å². The van der Waals surface area contributed by atoms with Crippen molar-refractivity contribution in [1.29, 1.82) is 0 Å². The van der Waals surface area contributed by atoms with Gasteiger partial charge in [0, 0.05) is 37.6 Å². The van der Waals surface area contributed by atoms with E-state index in [0.717, 1.165) is 43.3 Å². The Bertz CT molecular complexity index is 1020. The summed E-state index contributed by atoms with van der Waals surface area (Å²) in [4.78, 5) is 19.2. The van der Waals surface area contributed by atoms with Crippen molar-refractivity contribution < 1.29 is 4.79 Å². The third-order valence-corrected chi connectivity index (χ3v) is 6.93. The van der Waals surface area contributed by atoms with Crippen LogP contribution < -0.4 is 15.5 Å². The van der Waals surface area contributed by atoms with Crippen molar-refractivity contribution in [1.82, 2.24) is 14.7 Å². The van der Waals surface area contributed by atoms with Crippen LogP contribution in [0.4, 0.5) is 15.6 Å². The predicted molar refractivity (Wildman–Crippen MR) is 128 cm³/mol. The first kappa shape index (κ1) is 21.9. The molecule has 9 heteroatoms. The number of carbonyl (C=O) groups is 1. The van der Waals surface area contributed by atoms with E-state index in [0.29, 0.717) is 28.2 Å². The molecule has 0 radical (unpaired) electrons. The van der Waals surface area contributed by atoms with E-state index < -0.39 is 0 Å². The van der Waals surface area contributed by atoms with Gasteiger partial charge in [-0.1, -0.05) is 59.6 Å². The summed E-state index contributed by atoms with van der Waals surface area (Å²) in [5.74, 6) is 1.29. The van der Waals surface area contributed by atoms with Crippen molar-refractivity contribution in [2.45, 2.75) is 19.3 Å². The second kappa shape index (κ2) is 10.3. The Morgan fingerprint density at radius 2 is 1.87 bits per heavy atom. The highest BCUT2D eigenvalue weighted by Crippen LogP contribution is 2.29. The molecule has 0 atom stereocenters. The van der Waals surface area contributed by atoms with Crippen molar-refractivity contribution in [3.63, 3.8) is 0 Å². The lowest BCUT2D eigenvalue weighted by Crippen LogP contribution is -2.39. The molecule has 0 bridgehead atoms. The molecule has 2 heterocycles. The van der Waals surface area contributed by atoms with E-state index in [4.69, 9.17) is 28.2 Å². The van der Waals surface area contributed by atoms with Gasteiger partial charge in [-0.15, -0.1) is 0 Å². The molecule has 6 nitrogen and oxygen atoms in total. The second-order valence-corrected chi connectivity index (χ2v) is 9.04. The van der Waals surface area contributed by atoms with Gasteiger partial charge in [-0.05, 0) is 36.5 Å². The van der Waals surface area contributed by atoms with Crippen LogP contribution >= 0.6 is 34.7 Å². The van der Waals surface area contributed by atoms with Gasteiger partial charge >= 0.3 is 6.03 Å². The Kier molecular flexibility index (Phi) is 7.27. The lowest BCUT2D eigenvalue weighted by atomic mass is 9.97. The van der Waals surface area contributed by atoms with E-state index >= 15 is 0 Å². The maximum absolute atomic E-state index is 12.2. The molecule has 0 aliphatic carbocycles. The van der Waals surface area contributed by atoms with E-state index in [9.17, 15) is 4.79 Å². The molecule has 162 valence electrons. The molecule has 2 N–H and O–H groups in total. The topological polar surface area (TPSA) is 70.2 Å². The number of aromatic nitrogens is 2. The fourth-order valence-electron chi connectivity index (χ4n) is 3.56. The molecule has 1 aromatic heterocycles. The fraction of sp³-hybridized carbons (Fsp3) is 0.318. The molecular formula is C22H23Cl2N5OS. The maximum atomic E-state index is 12.2. The van der Waals surface area contributed by atoms with Crippen LogP contribution in [0.15, 0.2) is 48.5 Å². The molecule has 2 aromatic carbocycles. The molecule has 31 heavy (non-hydrogen) atoms. The molecule has 0 saturated carbocycles. The normalized spacial score (nSPS) is 14.5. The van der Waals surface area contributed by atoms with Crippen LogP contribution in [-0.4, -0.2) is 35.0 Å². The minimum Gasteiger partial charge on any atom is -0.347 e. The largest absolute Gasteiger partial charge is 0.347 e. The first-order chi connectivity index (χ1) is 15.1. The number of halogens is 2. The van der Waals surface area contributed by atoms with Crippen LogP contribution in [0.25, 0.3) is 0 Å². The van der Waals surface area contributed by atoms with Gasteiger partial charge in [0.05, 0.1) is 15.7 Å². The molecule has 2 amide bonds. The minimum absolute atomic E-state index is 0.277. The molecular weight excluding hydrogens is 453 g/mol. The second-order valence-electron chi connectivity index (χ2n) is 7.52. The predicted octanol–water partition coefficient (Wildman–Crippen LogP) is 5.47. The number of urea groups is 1. The van der Waals surface area contributed by atoms with Crippen molar-refractivity contribution in [3.8, 4) is 0 Å². The third-order valence-electron chi connectivity index (χ3n) is 5.30. The molecule has 1 aliphatic heterocycles. The fourth-order valence-corrected chi connectivity index (χ4v) is 4.64. The Morgan fingerprint density at radius 1 is 1.10 bits per heavy atom. The Balaban J connectivity index is 1.22. The minimum atomic E-state index is -0.277. The van der Waals surface area contributed by atoms with E-state index in [1.165, 1.54) is 17.1 Å². The van der Waals surface area contributed by atoms with E-state index in [1.54, 1.807) is 18.2 Å². The number of hydrogen-bond donors (Lipinski definition) is 2. The zero-order chi connectivity index (χ0) is 21.6. The van der Waals surface area contributed by atoms with E-state index in [2.05, 4.69) is 32.0 Å². The summed E-state index contributed by atoms with van der Waals surface area (Å²) in [6.07, 6.45) is 2.74. The molecule has 4 rings (SSSR count). The van der Waals surface area contributed by atoms with Crippen LogP contribution in [0.1, 0.15) is 24.2 Å². The summed E-state index contributed by atoms with van der Waals surface area (Å²) in [6.45, 7) is 2.44. The van der Waals surface area contributed by atoms with Crippen LogP contribution in [0, 0.1) is 5.92 Å². The highest BCUT2D eigenvalue weighted by Gasteiger charge is 2.22. The van der Waals surface area contributed by atoms with Gasteiger partial charge in [0.25, 0.3) is 0 Å². The van der Waals surface area contributed by atoms with E-state index in [-0.39, 0.29) is 6.03 Å². The molecule has 0 spiro atoms. The van der Waals surface area contributed by atoms with Crippen LogP contribution in [0.5, 0.6) is 0 Å². The zero-order valence-corrected chi connectivity index (χ0v) is 19.2. The number of amides is 2. The van der Waals surface area contributed by atoms with Crippen LogP contribution in [0.2, 0.25) is 10.0 Å². The Labute approximate surface area is 195 Å². The number of piperidine rings is 1. The van der Waals surface area contributed by atoms with Crippen molar-refractivity contribution in [3.05, 3.63) is 70.0 Å². The van der Waals surface area contributed by atoms with Gasteiger partial charge in [0.1, 0.15) is 5.82 Å². The standard InChI is InChI=1S/C22H23Cl2N5OS/c23-17-7-4-8-18(20(17)24)26-21(30)25-14-16-9-11-29(12-10-16)22-27-19(28-31-22)13-15-5-2-1-3-6-15/h1-8,16H,9-14H2,(H2,25,26,30). The lowest BCUT2D eigenvalue weighted by molar-refractivity contribution is 0.248. The molecule has 0 unspecified atom stereocenters. The molecule has 3 aromatic rings. The summed E-state index contributed by atoms with van der Waals surface area (Å²) < 4.78 is 4.52. The zero-order valence-electron chi connectivity index (χ0n) is 16.9. The number of rotatable bonds is 6. The molecule has 1 aliphatic rings. The number of benzene rings is 2. The van der Waals surface area contributed by atoms with Gasteiger partial charge < -0.3 is 15.5 Å². The third kappa shape index (κ3) is 5.87. The van der Waals surface area contributed by atoms with Gasteiger partial charge in [0.2, 0.25) is 5.13 Å². The van der Waals surface area contributed by atoms with Gasteiger partial charge in [-0.3, -0.25) is 0 Å². The first-order valence-corrected chi connectivity index (χ1v) is 11.7. The van der Waals surface area contributed by atoms with E-state index in [1.807, 2.05) is 18.2 Å². The van der Waals surface area contributed by atoms with Gasteiger partial charge in [0.15, 0.2) is 0 Å². The van der Waals surface area contributed by atoms with Gasteiger partial charge in [-0.2, -0.15) is 4.37 Å². The number of anilines is 2. The SMILES string of the molecule is O=C(NCC1CCN(c2nc(Cc3ccccc3)ns2)CC1)Nc1cccc(Cl)c1Cl.